The Morgan fingerprint density at radius 3 is 2.35 bits per heavy atom. The summed E-state index contributed by atoms with van der Waals surface area (Å²) >= 11 is 0. The van der Waals surface area contributed by atoms with Crippen LogP contribution in [0.25, 0.3) is 0 Å². The number of hydrogen-bond acceptors (Lipinski definition) is 2. The van der Waals surface area contributed by atoms with Crippen molar-refractivity contribution in [2.75, 3.05) is 6.54 Å². The van der Waals surface area contributed by atoms with Gasteiger partial charge in [0.25, 0.3) is 0 Å². The van der Waals surface area contributed by atoms with Crippen LogP contribution in [-0.2, 0) is 5.41 Å². The number of carbonyl (C=O) groups is 1. The highest BCUT2D eigenvalue weighted by molar-refractivity contribution is 6.08. The van der Waals surface area contributed by atoms with E-state index in [-0.39, 0.29) is 11.2 Å². The molecule has 1 aliphatic rings. The molecule has 0 aromatic heterocycles. The van der Waals surface area contributed by atoms with E-state index in [0.29, 0.717) is 17.7 Å². The first-order valence-electron chi connectivity index (χ1n) is 6.75. The number of hydrogen-bond donors (Lipinski definition) is 1. The number of carbonyl (C=O) groups excluding carboxylic acids is 1. The summed E-state index contributed by atoms with van der Waals surface area (Å²) in [5, 5.41) is 0. The van der Waals surface area contributed by atoms with Gasteiger partial charge in [0.15, 0.2) is 5.78 Å². The van der Waals surface area contributed by atoms with E-state index in [2.05, 4.69) is 0 Å². The molecule has 0 saturated heterocycles. The van der Waals surface area contributed by atoms with Crippen molar-refractivity contribution < 1.29 is 9.18 Å². The van der Waals surface area contributed by atoms with Gasteiger partial charge in [-0.2, -0.15) is 0 Å². The Morgan fingerprint density at radius 2 is 1.80 bits per heavy atom. The summed E-state index contributed by atoms with van der Waals surface area (Å²) in [7, 11) is 0. The molecule has 102 valence electrons. The standard InChI is InChI=1S/C17H16FNO/c18-15-3-1-2-13(10-15)16(20)12-4-6-14(7-5-12)17(11-19)8-9-17/h1-7,10H,8-9,11,19H2. The Hall–Kier alpha value is -2.00. The van der Waals surface area contributed by atoms with Gasteiger partial charge in [0.1, 0.15) is 5.82 Å². The van der Waals surface area contributed by atoms with E-state index >= 15 is 0 Å². The van der Waals surface area contributed by atoms with Gasteiger partial charge in [-0.15, -0.1) is 0 Å². The summed E-state index contributed by atoms with van der Waals surface area (Å²) in [6, 6.07) is 13.3. The van der Waals surface area contributed by atoms with E-state index in [1.807, 2.05) is 12.1 Å². The van der Waals surface area contributed by atoms with Gasteiger partial charge in [0.2, 0.25) is 0 Å². The van der Waals surface area contributed by atoms with Crippen molar-refractivity contribution >= 4 is 5.78 Å². The van der Waals surface area contributed by atoms with Crippen LogP contribution in [0, 0.1) is 5.82 Å². The van der Waals surface area contributed by atoms with E-state index in [0.717, 1.165) is 12.8 Å². The van der Waals surface area contributed by atoms with Gasteiger partial charge < -0.3 is 5.73 Å². The summed E-state index contributed by atoms with van der Waals surface area (Å²) in [5.74, 6) is -0.554. The Bertz CT molecular complexity index is 644. The molecule has 3 rings (SSSR count). The fourth-order valence-corrected chi connectivity index (χ4v) is 2.53. The topological polar surface area (TPSA) is 43.1 Å². The largest absolute Gasteiger partial charge is 0.330 e. The molecule has 2 nitrogen and oxygen atoms in total. The minimum absolute atomic E-state index is 0.125. The fraction of sp³-hybridized carbons (Fsp3) is 0.235. The summed E-state index contributed by atoms with van der Waals surface area (Å²) in [6.45, 7) is 0.643. The number of nitrogens with two attached hydrogens (primary N) is 1. The van der Waals surface area contributed by atoms with E-state index < -0.39 is 5.82 Å². The van der Waals surface area contributed by atoms with Gasteiger partial charge in [0.05, 0.1) is 0 Å². The molecule has 0 atom stereocenters. The molecule has 0 amide bonds. The predicted molar refractivity (Wildman–Crippen MR) is 76.2 cm³/mol. The maximum absolute atomic E-state index is 13.2. The average Bonchev–Trinajstić information content (AvgIpc) is 3.28. The summed E-state index contributed by atoms with van der Waals surface area (Å²) in [6.07, 6.45) is 2.22. The molecule has 1 fully saturated rings. The molecule has 2 aromatic carbocycles. The van der Waals surface area contributed by atoms with Crippen molar-refractivity contribution in [1.82, 2.24) is 0 Å². The summed E-state index contributed by atoms with van der Waals surface area (Å²) in [4.78, 5) is 12.3. The van der Waals surface area contributed by atoms with Crippen molar-refractivity contribution in [3.05, 3.63) is 71.0 Å². The van der Waals surface area contributed by atoms with Gasteiger partial charge in [-0.3, -0.25) is 4.79 Å². The third-order valence-corrected chi connectivity index (χ3v) is 4.09. The van der Waals surface area contributed by atoms with Gasteiger partial charge in [0, 0.05) is 23.1 Å². The van der Waals surface area contributed by atoms with Crippen LogP contribution < -0.4 is 5.73 Å². The first kappa shape index (κ1) is 13.0. The third-order valence-electron chi connectivity index (χ3n) is 4.09. The van der Waals surface area contributed by atoms with E-state index in [1.165, 1.54) is 17.7 Å². The molecule has 0 unspecified atom stereocenters. The number of ketones is 1. The molecule has 20 heavy (non-hydrogen) atoms. The van der Waals surface area contributed by atoms with Crippen LogP contribution in [0.4, 0.5) is 4.39 Å². The maximum Gasteiger partial charge on any atom is 0.193 e. The lowest BCUT2D eigenvalue weighted by Gasteiger charge is -2.13. The minimum atomic E-state index is -0.396. The van der Waals surface area contributed by atoms with Crippen LogP contribution in [0.5, 0.6) is 0 Å². The average molecular weight is 269 g/mol. The van der Waals surface area contributed by atoms with Crippen LogP contribution in [0.2, 0.25) is 0 Å². The zero-order chi connectivity index (χ0) is 14.2. The van der Waals surface area contributed by atoms with Crippen molar-refractivity contribution in [3.8, 4) is 0 Å². The Kier molecular flexibility index (Phi) is 3.14. The van der Waals surface area contributed by atoms with Gasteiger partial charge in [-0.05, 0) is 30.5 Å². The Balaban J connectivity index is 1.86. The lowest BCUT2D eigenvalue weighted by molar-refractivity contribution is 0.103. The molecule has 0 heterocycles. The molecule has 3 heteroatoms. The molecule has 0 spiro atoms. The molecule has 2 aromatic rings. The predicted octanol–water partition coefficient (Wildman–Crippen LogP) is 3.05. The lowest BCUT2D eigenvalue weighted by atomic mass is 9.93. The van der Waals surface area contributed by atoms with Crippen LogP contribution in [-0.4, -0.2) is 12.3 Å². The fourth-order valence-electron chi connectivity index (χ4n) is 2.53. The van der Waals surface area contributed by atoms with E-state index in [9.17, 15) is 9.18 Å². The maximum atomic E-state index is 13.2. The molecule has 0 bridgehead atoms. The van der Waals surface area contributed by atoms with E-state index in [1.54, 1.807) is 24.3 Å². The van der Waals surface area contributed by atoms with Crippen LogP contribution in [0.15, 0.2) is 48.5 Å². The third kappa shape index (κ3) is 2.25. The van der Waals surface area contributed by atoms with Gasteiger partial charge in [-0.25, -0.2) is 4.39 Å². The van der Waals surface area contributed by atoms with Crippen LogP contribution in [0.3, 0.4) is 0 Å². The quantitative estimate of drug-likeness (QED) is 0.867. The number of rotatable bonds is 4. The normalized spacial score (nSPS) is 15.9. The summed E-state index contributed by atoms with van der Waals surface area (Å²) in [5.41, 5.74) is 8.06. The second-order valence-corrected chi connectivity index (χ2v) is 5.40. The highest BCUT2D eigenvalue weighted by Gasteiger charge is 2.42. The monoisotopic (exact) mass is 269 g/mol. The smallest absolute Gasteiger partial charge is 0.193 e. The second-order valence-electron chi connectivity index (χ2n) is 5.40. The molecule has 1 saturated carbocycles. The van der Waals surface area contributed by atoms with Crippen molar-refractivity contribution in [2.24, 2.45) is 5.73 Å². The minimum Gasteiger partial charge on any atom is -0.330 e. The first-order valence-corrected chi connectivity index (χ1v) is 6.75. The SMILES string of the molecule is NCC1(c2ccc(C(=O)c3cccc(F)c3)cc2)CC1. The first-order chi connectivity index (χ1) is 9.64. The van der Waals surface area contributed by atoms with Crippen LogP contribution in [0.1, 0.15) is 34.3 Å². The zero-order valence-corrected chi connectivity index (χ0v) is 11.1. The summed E-state index contributed by atoms with van der Waals surface area (Å²) < 4.78 is 13.2. The van der Waals surface area contributed by atoms with E-state index in [4.69, 9.17) is 5.73 Å². The Labute approximate surface area is 117 Å². The highest BCUT2D eigenvalue weighted by Crippen LogP contribution is 2.47. The molecule has 2 N–H and O–H groups in total. The molecular formula is C17H16FNO. The molecule has 1 aliphatic carbocycles. The molecular weight excluding hydrogens is 253 g/mol. The van der Waals surface area contributed by atoms with Crippen molar-refractivity contribution in [2.45, 2.75) is 18.3 Å². The van der Waals surface area contributed by atoms with Crippen molar-refractivity contribution in [1.29, 1.82) is 0 Å². The number of halogens is 1. The lowest BCUT2D eigenvalue weighted by Crippen LogP contribution is -2.19. The Morgan fingerprint density at radius 1 is 1.10 bits per heavy atom. The second kappa shape index (κ2) is 4.84. The highest BCUT2D eigenvalue weighted by atomic mass is 19.1. The van der Waals surface area contributed by atoms with Crippen molar-refractivity contribution in [3.63, 3.8) is 0 Å². The number of benzene rings is 2. The van der Waals surface area contributed by atoms with Crippen LogP contribution >= 0.6 is 0 Å². The molecule has 0 radical (unpaired) electrons. The molecule has 0 aliphatic heterocycles. The van der Waals surface area contributed by atoms with Gasteiger partial charge in [-0.1, -0.05) is 36.4 Å². The zero-order valence-electron chi connectivity index (χ0n) is 11.1. The van der Waals surface area contributed by atoms with Gasteiger partial charge >= 0.3 is 0 Å².